The Morgan fingerprint density at radius 1 is 0.540 bits per heavy atom. The van der Waals surface area contributed by atoms with Gasteiger partial charge in [0.05, 0.1) is 16.6 Å². The molecule has 0 bridgehead atoms. The van der Waals surface area contributed by atoms with Gasteiger partial charge in [0.25, 0.3) is 0 Å². The lowest BCUT2D eigenvalue weighted by Crippen LogP contribution is -2.27. The highest BCUT2D eigenvalue weighted by Crippen LogP contribution is 2.50. The van der Waals surface area contributed by atoms with Crippen LogP contribution in [0.2, 0.25) is 0 Å². The predicted molar refractivity (Wildman–Crippen MR) is 214 cm³/mol. The average Bonchev–Trinajstić information content (AvgIpc) is 3.93. The Balaban J connectivity index is 1.23. The van der Waals surface area contributed by atoms with Crippen LogP contribution in [-0.2, 0) is 0 Å². The lowest BCUT2D eigenvalue weighted by Gasteiger charge is -2.24. The lowest BCUT2D eigenvalue weighted by atomic mass is 9.95. The number of nitrogens with zero attached hydrogens (tertiary/aromatic N) is 2. The van der Waals surface area contributed by atoms with Crippen LogP contribution >= 0.6 is 22.7 Å². The fraction of sp³-hybridized carbons (Fsp3) is 0.0227. The second-order valence-corrected chi connectivity index (χ2v) is 15.2. The smallest absolute Gasteiger partial charge is 0.211 e. The number of aromatic nitrogens is 1. The fourth-order valence-corrected chi connectivity index (χ4v) is 10.9. The van der Waals surface area contributed by atoms with Crippen molar-refractivity contribution in [3.63, 3.8) is 0 Å². The van der Waals surface area contributed by atoms with E-state index in [2.05, 4.69) is 143 Å². The molecule has 1 atom stereocenters. The van der Waals surface area contributed by atoms with E-state index in [1.165, 1.54) is 67.5 Å². The number of aliphatic imine (C=N–C) groups is 1. The van der Waals surface area contributed by atoms with E-state index in [0.29, 0.717) is 0 Å². The molecule has 0 saturated heterocycles. The van der Waals surface area contributed by atoms with Crippen LogP contribution in [0.4, 0.5) is 5.88 Å². The van der Waals surface area contributed by atoms with Crippen LogP contribution in [0, 0.1) is 0 Å². The molecular weight excluding hydrogens is 651 g/mol. The lowest BCUT2D eigenvalue weighted by molar-refractivity contribution is 0.623. The van der Waals surface area contributed by atoms with Crippen molar-refractivity contribution < 1.29 is 4.42 Å². The monoisotopic (exact) mass is 675 g/mol. The van der Waals surface area contributed by atoms with E-state index in [1.54, 1.807) is 0 Å². The summed E-state index contributed by atoms with van der Waals surface area (Å²) in [7, 11) is 0. The van der Waals surface area contributed by atoms with Gasteiger partial charge < -0.3 is 4.42 Å². The Hall–Kier alpha value is -5.95. The van der Waals surface area contributed by atoms with Crippen LogP contribution < -0.4 is 5.32 Å². The van der Waals surface area contributed by atoms with Crippen molar-refractivity contribution in [1.29, 1.82) is 0 Å². The van der Waals surface area contributed by atoms with Gasteiger partial charge in [0.1, 0.15) is 11.6 Å². The third-order valence-electron chi connectivity index (χ3n) is 10.5. The van der Waals surface area contributed by atoms with Gasteiger partial charge in [-0.05, 0) is 35.2 Å². The zero-order chi connectivity index (χ0) is 32.5. The molecule has 1 N–H and O–H groups in total. The van der Waals surface area contributed by atoms with Gasteiger partial charge in [-0.2, -0.15) is 0 Å². The standard InChI is InChI=1S/C44H25N3OS2/c1-2-14-26-25(13-1)36-30-17-6-10-23-35(30)50-42(36)38-28-15-3-7-20-32(28)47(40(26)38)44-45-39(37-29-16-4-8-21-33(29)48-43(37)46-44)31-19-11-18-27-24-12-5-9-22-34(24)49-41(27)31/h1-23,39H,(H,45,46). The molecule has 0 fully saturated rings. The third kappa shape index (κ3) is 3.46. The first-order chi connectivity index (χ1) is 24.8. The normalized spacial score (nSPS) is 14.9. The maximum Gasteiger partial charge on any atom is 0.211 e. The van der Waals surface area contributed by atoms with Crippen LogP contribution in [0.5, 0.6) is 0 Å². The zero-order valence-electron chi connectivity index (χ0n) is 26.5. The van der Waals surface area contributed by atoms with Crippen molar-refractivity contribution in [3.05, 3.63) is 151 Å². The highest BCUT2D eigenvalue weighted by Gasteiger charge is 2.33. The molecule has 6 heteroatoms. The topological polar surface area (TPSA) is 42.5 Å². The number of hydrogen-bond donors (Lipinski definition) is 1. The maximum atomic E-state index is 6.66. The average molecular weight is 676 g/mol. The molecule has 1 unspecified atom stereocenters. The minimum Gasteiger partial charge on any atom is -0.440 e. The second-order valence-electron chi connectivity index (χ2n) is 13.1. The Labute approximate surface area is 293 Å². The van der Waals surface area contributed by atoms with Crippen LogP contribution in [-0.4, -0.2) is 10.5 Å². The summed E-state index contributed by atoms with van der Waals surface area (Å²) < 4.78 is 14.2. The number of anilines is 1. The predicted octanol–water partition coefficient (Wildman–Crippen LogP) is 12.8. The van der Waals surface area contributed by atoms with Crippen LogP contribution in [0.25, 0.3) is 83.9 Å². The molecule has 12 rings (SSSR count). The quantitative estimate of drug-likeness (QED) is 0.188. The Morgan fingerprint density at radius 2 is 1.18 bits per heavy atom. The van der Waals surface area contributed by atoms with Crippen molar-refractivity contribution in [2.75, 3.05) is 5.32 Å². The van der Waals surface area contributed by atoms with Crippen molar-refractivity contribution in [3.8, 4) is 0 Å². The van der Waals surface area contributed by atoms with E-state index in [1.807, 2.05) is 28.7 Å². The molecule has 4 aromatic heterocycles. The summed E-state index contributed by atoms with van der Waals surface area (Å²) in [6, 6.07) is 49.9. The maximum absolute atomic E-state index is 6.66. The van der Waals surface area contributed by atoms with Gasteiger partial charge in [0.15, 0.2) is 0 Å². The highest BCUT2D eigenvalue weighted by atomic mass is 32.1. The molecule has 234 valence electrons. The van der Waals surface area contributed by atoms with E-state index in [0.717, 1.165) is 39.4 Å². The minimum atomic E-state index is -0.280. The summed E-state index contributed by atoms with van der Waals surface area (Å²) in [6.07, 6.45) is 0. The van der Waals surface area contributed by atoms with E-state index in [4.69, 9.17) is 9.41 Å². The summed E-state index contributed by atoms with van der Waals surface area (Å²) in [4.78, 5) is 5.73. The zero-order valence-corrected chi connectivity index (χ0v) is 28.1. The van der Waals surface area contributed by atoms with E-state index < -0.39 is 0 Å². The molecule has 7 aromatic carbocycles. The number of fused-ring (bicyclic) bond motifs is 16. The number of furan rings is 1. The van der Waals surface area contributed by atoms with Crippen molar-refractivity contribution >= 4 is 118 Å². The molecule has 0 saturated carbocycles. The fourth-order valence-electron chi connectivity index (χ4n) is 8.41. The highest BCUT2D eigenvalue weighted by molar-refractivity contribution is 7.27. The molecule has 1 aliphatic heterocycles. The van der Waals surface area contributed by atoms with Gasteiger partial charge >= 0.3 is 0 Å². The summed E-state index contributed by atoms with van der Waals surface area (Å²) >= 11 is 3.73. The summed E-state index contributed by atoms with van der Waals surface area (Å²) in [5, 5.41) is 14.9. The molecule has 0 spiro atoms. The number of para-hydroxylation sites is 2. The molecule has 1 aliphatic rings. The van der Waals surface area contributed by atoms with Gasteiger partial charge in [0, 0.05) is 61.9 Å². The SMILES string of the molecule is c1ccc2c3c(oc2c1)NC(n1c2ccccc2c2c4sc5ccccc5c4c4ccccc4c21)=NC3c1cccc2c1sc1ccccc12. The molecule has 0 radical (unpaired) electrons. The van der Waals surface area contributed by atoms with Crippen molar-refractivity contribution in [2.24, 2.45) is 4.99 Å². The van der Waals surface area contributed by atoms with E-state index in [-0.39, 0.29) is 6.04 Å². The summed E-state index contributed by atoms with van der Waals surface area (Å²) in [5.74, 6) is 1.51. The van der Waals surface area contributed by atoms with Gasteiger partial charge in [-0.25, -0.2) is 4.99 Å². The van der Waals surface area contributed by atoms with E-state index in [9.17, 15) is 0 Å². The minimum absolute atomic E-state index is 0.280. The summed E-state index contributed by atoms with van der Waals surface area (Å²) in [6.45, 7) is 0. The van der Waals surface area contributed by atoms with Gasteiger partial charge in [0.2, 0.25) is 11.8 Å². The third-order valence-corrected chi connectivity index (χ3v) is 12.9. The Kier molecular flexibility index (Phi) is 5.29. The largest absolute Gasteiger partial charge is 0.440 e. The Morgan fingerprint density at radius 3 is 2.04 bits per heavy atom. The molecular formula is C44H25N3OS2. The molecule has 11 aromatic rings. The number of thiophene rings is 2. The number of rotatable bonds is 1. The van der Waals surface area contributed by atoms with E-state index >= 15 is 0 Å². The van der Waals surface area contributed by atoms with Crippen LogP contribution in [0.3, 0.4) is 0 Å². The first-order valence-electron chi connectivity index (χ1n) is 16.8. The van der Waals surface area contributed by atoms with Crippen molar-refractivity contribution in [2.45, 2.75) is 6.04 Å². The molecule has 5 heterocycles. The van der Waals surface area contributed by atoms with Crippen LogP contribution in [0.15, 0.2) is 149 Å². The molecule has 4 nitrogen and oxygen atoms in total. The second kappa shape index (κ2) is 9.82. The van der Waals surface area contributed by atoms with Gasteiger partial charge in [-0.3, -0.25) is 9.88 Å². The first-order valence-corrected chi connectivity index (χ1v) is 18.5. The van der Waals surface area contributed by atoms with Crippen molar-refractivity contribution in [1.82, 2.24) is 4.57 Å². The number of hydrogen-bond acceptors (Lipinski definition) is 5. The number of nitrogens with one attached hydrogen (secondary N) is 1. The number of benzene rings is 7. The molecule has 0 amide bonds. The molecule has 50 heavy (non-hydrogen) atoms. The van der Waals surface area contributed by atoms with Crippen LogP contribution in [0.1, 0.15) is 17.2 Å². The Bertz CT molecular complexity index is 3260. The first kappa shape index (κ1) is 26.9. The van der Waals surface area contributed by atoms with Gasteiger partial charge in [-0.15, -0.1) is 22.7 Å². The summed E-state index contributed by atoms with van der Waals surface area (Å²) in [5.41, 5.74) is 5.39. The van der Waals surface area contributed by atoms with Gasteiger partial charge in [-0.1, -0.05) is 115 Å². The molecule has 0 aliphatic carbocycles.